The second kappa shape index (κ2) is 8.10. The average Bonchev–Trinajstić information content (AvgIpc) is 2.57. The van der Waals surface area contributed by atoms with Gasteiger partial charge in [0.2, 0.25) is 0 Å². The number of nitrogens with zero attached hydrogens (tertiary/aromatic N) is 1. The molecule has 0 bridgehead atoms. The smallest absolute Gasteiger partial charge is 0.329 e. The number of carbonyl (C=O) groups excluding carboxylic acids is 2. The minimum atomic E-state index is -0.837. The second-order valence-corrected chi connectivity index (χ2v) is 5.23. The normalized spacial score (nSPS) is 11.9. The van der Waals surface area contributed by atoms with E-state index in [9.17, 15) is 9.59 Å². The predicted octanol–water partition coefficient (Wildman–Crippen LogP) is 2.67. The molecule has 118 valence electrons. The number of benzene rings is 2. The summed E-state index contributed by atoms with van der Waals surface area (Å²) in [5.41, 5.74) is 3.73. The van der Waals surface area contributed by atoms with Crippen molar-refractivity contribution in [2.75, 3.05) is 0 Å². The van der Waals surface area contributed by atoms with Crippen LogP contribution in [0.1, 0.15) is 24.1 Å². The molecule has 2 amide bonds. The number of hydrogen-bond acceptors (Lipinski definition) is 3. The first-order valence-corrected chi connectivity index (χ1v) is 7.39. The first-order valence-electron chi connectivity index (χ1n) is 7.01. The summed E-state index contributed by atoms with van der Waals surface area (Å²) in [4.78, 5) is 23.5. The van der Waals surface area contributed by atoms with Crippen LogP contribution in [0.5, 0.6) is 0 Å². The van der Waals surface area contributed by atoms with Gasteiger partial charge in [-0.3, -0.25) is 9.59 Å². The molecule has 2 rings (SSSR count). The summed E-state index contributed by atoms with van der Waals surface area (Å²) in [6.07, 6.45) is 1.38. The van der Waals surface area contributed by atoms with E-state index in [4.69, 9.17) is 11.6 Å². The molecule has 0 radical (unpaired) electrons. The van der Waals surface area contributed by atoms with Crippen LogP contribution < -0.4 is 10.7 Å². The molecule has 2 aromatic rings. The van der Waals surface area contributed by atoms with Gasteiger partial charge >= 0.3 is 11.8 Å². The summed E-state index contributed by atoms with van der Waals surface area (Å²) in [5.74, 6) is -1.59. The van der Waals surface area contributed by atoms with Crippen molar-refractivity contribution in [2.24, 2.45) is 5.10 Å². The minimum absolute atomic E-state index is 0.276. The Labute approximate surface area is 139 Å². The summed E-state index contributed by atoms with van der Waals surface area (Å²) in [7, 11) is 0. The van der Waals surface area contributed by atoms with E-state index in [1.165, 1.54) is 6.21 Å². The number of rotatable bonds is 4. The highest BCUT2D eigenvalue weighted by Gasteiger charge is 2.16. The van der Waals surface area contributed by atoms with E-state index in [1.807, 2.05) is 30.3 Å². The quantitative estimate of drug-likeness (QED) is 0.514. The lowest BCUT2D eigenvalue weighted by Gasteiger charge is -2.13. The summed E-state index contributed by atoms with van der Waals surface area (Å²) in [6, 6.07) is 16.1. The maximum absolute atomic E-state index is 11.8. The lowest BCUT2D eigenvalue weighted by Crippen LogP contribution is -2.39. The van der Waals surface area contributed by atoms with Crippen molar-refractivity contribution in [2.45, 2.75) is 13.0 Å². The SMILES string of the molecule is C[C@@H](NC(=O)C(=O)N/N=C\c1ccccc1Cl)c1ccccc1. The topological polar surface area (TPSA) is 70.6 Å². The van der Waals surface area contributed by atoms with Crippen LogP contribution in [0.25, 0.3) is 0 Å². The number of halogens is 1. The van der Waals surface area contributed by atoms with Crippen LogP contribution in [0.3, 0.4) is 0 Å². The summed E-state index contributed by atoms with van der Waals surface area (Å²) < 4.78 is 0. The third kappa shape index (κ3) is 4.93. The first kappa shape index (κ1) is 16.7. The number of hydrazone groups is 1. The van der Waals surface area contributed by atoms with Gasteiger partial charge < -0.3 is 5.32 Å². The number of hydrogen-bond donors (Lipinski definition) is 2. The van der Waals surface area contributed by atoms with Crippen molar-refractivity contribution < 1.29 is 9.59 Å². The van der Waals surface area contributed by atoms with Crippen molar-refractivity contribution in [1.29, 1.82) is 0 Å². The molecule has 0 unspecified atom stereocenters. The summed E-state index contributed by atoms with van der Waals surface area (Å²) >= 11 is 5.96. The molecule has 0 saturated carbocycles. The molecule has 0 fully saturated rings. The van der Waals surface area contributed by atoms with Crippen molar-refractivity contribution in [3.8, 4) is 0 Å². The Hall–Kier alpha value is -2.66. The van der Waals surface area contributed by atoms with E-state index < -0.39 is 11.8 Å². The monoisotopic (exact) mass is 329 g/mol. The lowest BCUT2D eigenvalue weighted by molar-refractivity contribution is -0.139. The van der Waals surface area contributed by atoms with E-state index in [0.717, 1.165) is 5.56 Å². The van der Waals surface area contributed by atoms with Crippen molar-refractivity contribution in [3.63, 3.8) is 0 Å². The maximum Gasteiger partial charge on any atom is 0.329 e. The van der Waals surface area contributed by atoms with Gasteiger partial charge in [-0.1, -0.05) is 60.1 Å². The molecule has 0 aromatic heterocycles. The highest BCUT2D eigenvalue weighted by Crippen LogP contribution is 2.12. The molecule has 5 nitrogen and oxygen atoms in total. The molecule has 0 aliphatic heterocycles. The van der Waals surface area contributed by atoms with Gasteiger partial charge in [-0.25, -0.2) is 5.43 Å². The van der Waals surface area contributed by atoms with E-state index in [0.29, 0.717) is 10.6 Å². The van der Waals surface area contributed by atoms with Gasteiger partial charge in [-0.05, 0) is 18.6 Å². The molecule has 23 heavy (non-hydrogen) atoms. The number of amides is 2. The molecule has 2 N–H and O–H groups in total. The van der Waals surface area contributed by atoms with E-state index in [-0.39, 0.29) is 6.04 Å². The average molecular weight is 330 g/mol. The highest BCUT2D eigenvalue weighted by molar-refractivity contribution is 6.35. The van der Waals surface area contributed by atoms with Gasteiger partial charge in [-0.15, -0.1) is 0 Å². The number of nitrogens with one attached hydrogen (secondary N) is 2. The molecule has 6 heteroatoms. The summed E-state index contributed by atoms with van der Waals surface area (Å²) in [6.45, 7) is 1.80. The number of carbonyl (C=O) groups is 2. The third-order valence-electron chi connectivity index (χ3n) is 3.13. The fourth-order valence-corrected chi connectivity index (χ4v) is 2.06. The van der Waals surface area contributed by atoms with Crippen LogP contribution >= 0.6 is 11.6 Å². The Morgan fingerprint density at radius 3 is 2.39 bits per heavy atom. The zero-order chi connectivity index (χ0) is 16.7. The zero-order valence-corrected chi connectivity index (χ0v) is 13.2. The Balaban J connectivity index is 1.88. The van der Waals surface area contributed by atoms with Crippen molar-refractivity contribution >= 4 is 29.6 Å². The van der Waals surface area contributed by atoms with E-state index in [1.54, 1.807) is 31.2 Å². The third-order valence-corrected chi connectivity index (χ3v) is 3.47. The van der Waals surface area contributed by atoms with Crippen LogP contribution in [0, 0.1) is 0 Å². The van der Waals surface area contributed by atoms with Gasteiger partial charge in [0.15, 0.2) is 0 Å². The maximum atomic E-state index is 11.8. The zero-order valence-electron chi connectivity index (χ0n) is 12.5. The fraction of sp³-hybridized carbons (Fsp3) is 0.118. The first-order chi connectivity index (χ1) is 11.1. The molecule has 0 saturated heterocycles. The molecule has 0 heterocycles. The van der Waals surface area contributed by atoms with Crippen molar-refractivity contribution in [1.82, 2.24) is 10.7 Å². The van der Waals surface area contributed by atoms with Gasteiger partial charge in [0.05, 0.1) is 12.3 Å². The Morgan fingerprint density at radius 1 is 1.04 bits per heavy atom. The van der Waals surface area contributed by atoms with Crippen LogP contribution in [-0.4, -0.2) is 18.0 Å². The van der Waals surface area contributed by atoms with Crippen molar-refractivity contribution in [3.05, 3.63) is 70.7 Å². The molecule has 1 atom stereocenters. The van der Waals surface area contributed by atoms with Gasteiger partial charge in [0.25, 0.3) is 0 Å². The standard InChI is InChI=1S/C17H16ClN3O2/c1-12(13-7-3-2-4-8-13)20-16(22)17(23)21-19-11-14-9-5-6-10-15(14)18/h2-12H,1H3,(H,20,22)(H,21,23)/b19-11-/t12-/m1/s1. The largest absolute Gasteiger partial charge is 0.341 e. The van der Waals surface area contributed by atoms with Crippen LogP contribution in [0.2, 0.25) is 5.02 Å². The predicted molar refractivity (Wildman–Crippen MR) is 90.2 cm³/mol. The summed E-state index contributed by atoms with van der Waals surface area (Å²) in [5, 5.41) is 6.85. The van der Waals surface area contributed by atoms with Gasteiger partial charge in [-0.2, -0.15) is 5.10 Å². The molecular formula is C17H16ClN3O2. The molecule has 0 aliphatic rings. The highest BCUT2D eigenvalue weighted by atomic mass is 35.5. The Morgan fingerprint density at radius 2 is 1.70 bits per heavy atom. The lowest BCUT2D eigenvalue weighted by atomic mass is 10.1. The minimum Gasteiger partial charge on any atom is -0.341 e. The van der Waals surface area contributed by atoms with E-state index in [2.05, 4.69) is 15.8 Å². The van der Waals surface area contributed by atoms with Crippen LogP contribution in [0.4, 0.5) is 0 Å². The molecular weight excluding hydrogens is 314 g/mol. The Kier molecular flexibility index (Phi) is 5.88. The van der Waals surface area contributed by atoms with E-state index >= 15 is 0 Å². The fourth-order valence-electron chi connectivity index (χ4n) is 1.88. The molecule has 0 aliphatic carbocycles. The van der Waals surface area contributed by atoms with Gasteiger partial charge in [0.1, 0.15) is 0 Å². The van der Waals surface area contributed by atoms with Gasteiger partial charge in [0, 0.05) is 10.6 Å². The molecule has 2 aromatic carbocycles. The molecule has 0 spiro atoms. The van der Waals surface area contributed by atoms with Crippen LogP contribution in [0.15, 0.2) is 59.7 Å². The van der Waals surface area contributed by atoms with Crippen LogP contribution in [-0.2, 0) is 9.59 Å². The second-order valence-electron chi connectivity index (χ2n) is 4.83. The Bertz CT molecular complexity index is 717.